The van der Waals surface area contributed by atoms with E-state index in [0.717, 1.165) is 29.7 Å². The number of fused-ring (bicyclic) bond motifs is 1. The molecule has 190 valence electrons. The highest BCUT2D eigenvalue weighted by atomic mass is 32.1. The van der Waals surface area contributed by atoms with Crippen molar-refractivity contribution < 1.29 is 33.4 Å². The number of hydrazone groups is 1. The smallest absolute Gasteiger partial charge is 0.347 e. The summed E-state index contributed by atoms with van der Waals surface area (Å²) >= 11 is 1.27. The van der Waals surface area contributed by atoms with Gasteiger partial charge in [-0.3, -0.25) is 9.59 Å². The van der Waals surface area contributed by atoms with Crippen LogP contribution in [-0.2, 0) is 27.2 Å². The molecule has 0 fully saturated rings. The van der Waals surface area contributed by atoms with Crippen molar-refractivity contribution in [2.75, 3.05) is 19.5 Å². The zero-order valence-electron chi connectivity index (χ0n) is 20.0. The Balaban J connectivity index is 1.37. The first-order valence-electron chi connectivity index (χ1n) is 11.2. The average Bonchev–Trinajstić information content (AvgIpc) is 3.49. The molecule has 0 atom stereocenters. The zero-order chi connectivity index (χ0) is 26.4. The number of aryl methyl sites for hydroxylation is 1. The second-order valence-corrected chi connectivity index (χ2v) is 8.97. The number of nitrogens with one attached hydrogen (secondary N) is 2. The van der Waals surface area contributed by atoms with Crippen LogP contribution in [0.1, 0.15) is 43.1 Å². The molecule has 1 aliphatic carbocycles. The van der Waals surface area contributed by atoms with E-state index in [1.165, 1.54) is 31.8 Å². The van der Waals surface area contributed by atoms with E-state index >= 15 is 0 Å². The summed E-state index contributed by atoms with van der Waals surface area (Å²) in [5.74, 6) is -2.50. The number of amides is 2. The van der Waals surface area contributed by atoms with Crippen molar-refractivity contribution >= 4 is 46.3 Å². The minimum absolute atomic E-state index is 0.255. The van der Waals surface area contributed by atoms with Crippen LogP contribution < -0.4 is 20.2 Å². The molecule has 1 aromatic heterocycles. The molecule has 0 saturated carbocycles. The van der Waals surface area contributed by atoms with Crippen LogP contribution in [0.15, 0.2) is 53.6 Å². The second-order valence-electron chi connectivity index (χ2n) is 7.87. The lowest BCUT2D eigenvalue weighted by molar-refractivity contribution is -0.136. The molecule has 0 aliphatic heterocycles. The quantitative estimate of drug-likeness (QED) is 0.160. The zero-order valence-corrected chi connectivity index (χ0v) is 20.8. The Kier molecular flexibility index (Phi) is 7.94. The fraction of sp³-hybridized carbons (Fsp3) is 0.192. The number of hydrogen-bond donors (Lipinski definition) is 2. The number of thiophene rings is 1. The van der Waals surface area contributed by atoms with Gasteiger partial charge in [-0.15, -0.1) is 11.3 Å². The first-order valence-corrected chi connectivity index (χ1v) is 12.1. The summed E-state index contributed by atoms with van der Waals surface area (Å²) < 4.78 is 15.4. The molecule has 2 aromatic carbocycles. The van der Waals surface area contributed by atoms with Gasteiger partial charge in [-0.05, 0) is 54.7 Å². The van der Waals surface area contributed by atoms with Crippen molar-refractivity contribution in [2.24, 2.45) is 5.10 Å². The summed E-state index contributed by atoms with van der Waals surface area (Å²) in [5.41, 5.74) is 4.08. The summed E-state index contributed by atoms with van der Waals surface area (Å²) in [6.45, 7) is 0. The third-order valence-electron chi connectivity index (χ3n) is 5.52. The monoisotopic (exact) mass is 521 g/mol. The van der Waals surface area contributed by atoms with Gasteiger partial charge >= 0.3 is 23.8 Å². The molecular weight excluding hydrogens is 498 g/mol. The molecular formula is C26H23N3O7S. The molecule has 3 aromatic rings. The minimum atomic E-state index is -1.01. The number of carbonyl (C=O) groups excluding carboxylic acids is 4. The highest BCUT2D eigenvalue weighted by Crippen LogP contribution is 2.39. The largest absolute Gasteiger partial charge is 0.496 e. The molecule has 1 heterocycles. The third-order valence-corrected chi connectivity index (χ3v) is 6.73. The van der Waals surface area contributed by atoms with E-state index in [1.807, 2.05) is 0 Å². The van der Waals surface area contributed by atoms with E-state index in [1.54, 1.807) is 48.5 Å². The normalized spacial score (nSPS) is 12.1. The van der Waals surface area contributed by atoms with E-state index in [2.05, 4.69) is 15.8 Å². The van der Waals surface area contributed by atoms with Gasteiger partial charge in [-0.1, -0.05) is 24.3 Å². The predicted octanol–water partition coefficient (Wildman–Crippen LogP) is 3.34. The van der Waals surface area contributed by atoms with Crippen LogP contribution in [0.4, 0.5) is 5.00 Å². The van der Waals surface area contributed by atoms with Crippen LogP contribution in [0.25, 0.3) is 0 Å². The van der Waals surface area contributed by atoms with E-state index < -0.39 is 23.8 Å². The van der Waals surface area contributed by atoms with Gasteiger partial charge < -0.3 is 19.5 Å². The Bertz CT molecular complexity index is 1400. The van der Waals surface area contributed by atoms with Gasteiger partial charge in [0.15, 0.2) is 0 Å². The summed E-state index contributed by atoms with van der Waals surface area (Å²) in [6.07, 6.45) is 3.75. The lowest BCUT2D eigenvalue weighted by Crippen LogP contribution is -2.32. The molecule has 37 heavy (non-hydrogen) atoms. The SMILES string of the molecule is COC(=O)c1c(NC(=O)C(=O)N/N=C/c2cccc(OC(=O)c3ccccc3OC)c2)sc2c1CCC2. The van der Waals surface area contributed by atoms with Crippen LogP contribution in [0.2, 0.25) is 0 Å². The first-order chi connectivity index (χ1) is 17.9. The van der Waals surface area contributed by atoms with E-state index in [0.29, 0.717) is 16.9 Å². The van der Waals surface area contributed by atoms with E-state index in [9.17, 15) is 19.2 Å². The summed E-state index contributed by atoms with van der Waals surface area (Å²) in [7, 11) is 2.73. The molecule has 0 bridgehead atoms. The van der Waals surface area contributed by atoms with Crippen molar-refractivity contribution in [2.45, 2.75) is 19.3 Å². The number of carbonyl (C=O) groups is 4. The highest BCUT2D eigenvalue weighted by molar-refractivity contribution is 7.17. The van der Waals surface area contributed by atoms with Crippen LogP contribution in [0, 0.1) is 0 Å². The van der Waals surface area contributed by atoms with Crippen LogP contribution in [-0.4, -0.2) is 44.2 Å². The maximum absolute atomic E-state index is 12.5. The van der Waals surface area contributed by atoms with Crippen LogP contribution in [0.3, 0.4) is 0 Å². The molecule has 2 amide bonds. The number of anilines is 1. The number of nitrogens with zero attached hydrogens (tertiary/aromatic N) is 1. The Morgan fingerprint density at radius 3 is 2.57 bits per heavy atom. The molecule has 1 aliphatic rings. The van der Waals surface area contributed by atoms with Gasteiger partial charge in [0.1, 0.15) is 22.1 Å². The second kappa shape index (κ2) is 11.5. The van der Waals surface area contributed by atoms with Crippen molar-refractivity contribution in [3.8, 4) is 11.5 Å². The molecule has 11 heteroatoms. The van der Waals surface area contributed by atoms with Gasteiger partial charge in [-0.25, -0.2) is 15.0 Å². The van der Waals surface area contributed by atoms with Crippen molar-refractivity contribution in [3.63, 3.8) is 0 Å². The first kappa shape index (κ1) is 25.6. The predicted molar refractivity (Wildman–Crippen MR) is 136 cm³/mol. The van der Waals surface area contributed by atoms with Gasteiger partial charge in [0.25, 0.3) is 0 Å². The number of ether oxygens (including phenoxy) is 3. The maximum Gasteiger partial charge on any atom is 0.347 e. The number of para-hydroxylation sites is 1. The number of rotatable bonds is 7. The Hall–Kier alpha value is -4.51. The number of benzene rings is 2. The topological polar surface area (TPSA) is 132 Å². The Labute approximate surface area is 216 Å². The van der Waals surface area contributed by atoms with Crippen LogP contribution >= 0.6 is 11.3 Å². The summed E-state index contributed by atoms with van der Waals surface area (Å²) in [6, 6.07) is 13.1. The Morgan fingerprint density at radius 1 is 0.973 bits per heavy atom. The average molecular weight is 522 g/mol. The van der Waals surface area contributed by atoms with Gasteiger partial charge in [0.2, 0.25) is 0 Å². The molecule has 0 saturated heterocycles. The number of esters is 2. The van der Waals surface area contributed by atoms with Crippen molar-refractivity contribution in [1.82, 2.24) is 5.43 Å². The standard InChI is InChI=1S/C26H23N3O7S/c1-34-19-11-4-3-9-17(19)25(32)36-16-8-5-7-15(13-16)14-27-29-23(31)22(30)28-24-21(26(33)35-2)18-10-6-12-20(18)37-24/h3-5,7-9,11,13-14H,6,10,12H2,1-2H3,(H,28,30)(H,29,31)/b27-14+. The summed E-state index contributed by atoms with van der Waals surface area (Å²) in [5, 5.41) is 6.57. The van der Waals surface area contributed by atoms with Crippen molar-refractivity contribution in [1.29, 1.82) is 0 Å². The highest BCUT2D eigenvalue weighted by Gasteiger charge is 2.29. The molecule has 0 radical (unpaired) electrons. The van der Waals surface area contributed by atoms with E-state index in [-0.39, 0.29) is 16.3 Å². The fourth-order valence-corrected chi connectivity index (χ4v) is 5.09. The van der Waals surface area contributed by atoms with Crippen LogP contribution in [0.5, 0.6) is 11.5 Å². The fourth-order valence-electron chi connectivity index (χ4n) is 3.82. The van der Waals surface area contributed by atoms with E-state index in [4.69, 9.17) is 14.2 Å². The number of methoxy groups -OCH3 is 2. The van der Waals surface area contributed by atoms with Crippen molar-refractivity contribution in [3.05, 3.63) is 75.7 Å². The minimum Gasteiger partial charge on any atom is -0.496 e. The Morgan fingerprint density at radius 2 is 1.78 bits per heavy atom. The van der Waals surface area contributed by atoms with Gasteiger partial charge in [0.05, 0.1) is 26.0 Å². The molecule has 0 unspecified atom stereocenters. The van der Waals surface area contributed by atoms with Gasteiger partial charge in [-0.2, -0.15) is 5.10 Å². The lowest BCUT2D eigenvalue weighted by Gasteiger charge is -2.08. The maximum atomic E-state index is 12.5. The molecule has 2 N–H and O–H groups in total. The molecule has 0 spiro atoms. The molecule has 4 rings (SSSR count). The third kappa shape index (κ3) is 5.84. The summed E-state index contributed by atoms with van der Waals surface area (Å²) in [4.78, 5) is 50.4. The van der Waals surface area contributed by atoms with Gasteiger partial charge in [0, 0.05) is 4.88 Å². The lowest BCUT2D eigenvalue weighted by atomic mass is 10.1. The number of hydrogen-bond acceptors (Lipinski definition) is 9. The molecule has 10 nitrogen and oxygen atoms in total.